The number of phenols is 1. The van der Waals surface area contributed by atoms with Gasteiger partial charge in [0.15, 0.2) is 8.32 Å². The number of benzene rings is 1. The average molecular weight is 388 g/mol. The van der Waals surface area contributed by atoms with Crippen LogP contribution in [-0.4, -0.2) is 25.2 Å². The van der Waals surface area contributed by atoms with Crippen molar-refractivity contribution >= 4 is 8.32 Å². The van der Waals surface area contributed by atoms with Gasteiger partial charge in [-0.05, 0) is 73.3 Å². The highest BCUT2D eigenvalue weighted by Gasteiger charge is 2.37. The summed E-state index contributed by atoms with van der Waals surface area (Å²) in [5.74, 6) is 1.47. The van der Waals surface area contributed by atoms with E-state index in [4.69, 9.17) is 8.95 Å². The first-order valence-electron chi connectivity index (χ1n) is 10.0. The molecule has 0 aliphatic heterocycles. The largest absolute Gasteiger partial charge is 0.507 e. The van der Waals surface area contributed by atoms with Crippen LogP contribution in [0.5, 0.6) is 5.75 Å². The smallest absolute Gasteiger partial charge is 0.191 e. The highest BCUT2D eigenvalue weighted by atomic mass is 28.4. The van der Waals surface area contributed by atoms with Gasteiger partial charge in [0, 0.05) is 18.2 Å². The standard InChI is InChI=1S/C22H33NO3Si/c1-22(2,3)27(4,5)26-15-16-6-8-17(9-7-16)18-10-11-19(21(24)14-18)20-12-13-25-23-20/h10-14,16-17,24H,6-9,15H2,1-5H3. The molecule has 0 bridgehead atoms. The van der Waals surface area contributed by atoms with Gasteiger partial charge in [0.25, 0.3) is 0 Å². The highest BCUT2D eigenvalue weighted by molar-refractivity contribution is 6.74. The van der Waals surface area contributed by atoms with Crippen LogP contribution in [0.2, 0.25) is 18.1 Å². The van der Waals surface area contributed by atoms with Crippen LogP contribution in [0.25, 0.3) is 11.3 Å². The lowest BCUT2D eigenvalue weighted by Gasteiger charge is -2.38. The van der Waals surface area contributed by atoms with Crippen LogP contribution >= 0.6 is 0 Å². The van der Waals surface area contributed by atoms with E-state index in [0.717, 1.165) is 25.0 Å². The van der Waals surface area contributed by atoms with E-state index < -0.39 is 8.32 Å². The molecule has 1 heterocycles. The monoisotopic (exact) mass is 387 g/mol. The Labute approximate surface area is 164 Å². The van der Waals surface area contributed by atoms with Gasteiger partial charge >= 0.3 is 0 Å². The predicted molar refractivity (Wildman–Crippen MR) is 111 cm³/mol. The fourth-order valence-corrected chi connectivity index (χ4v) is 4.66. The van der Waals surface area contributed by atoms with E-state index in [1.165, 1.54) is 24.7 Å². The third-order valence-electron chi connectivity index (χ3n) is 6.54. The van der Waals surface area contributed by atoms with Gasteiger partial charge in [0.05, 0.1) is 0 Å². The molecule has 0 atom stereocenters. The lowest BCUT2D eigenvalue weighted by atomic mass is 9.79. The number of rotatable bonds is 5. The third-order valence-corrected chi connectivity index (χ3v) is 11.0. The highest BCUT2D eigenvalue weighted by Crippen LogP contribution is 2.41. The molecule has 0 amide bonds. The molecule has 0 radical (unpaired) electrons. The van der Waals surface area contributed by atoms with Crippen LogP contribution in [0.15, 0.2) is 35.1 Å². The summed E-state index contributed by atoms with van der Waals surface area (Å²) in [5.41, 5.74) is 2.62. The summed E-state index contributed by atoms with van der Waals surface area (Å²) in [6, 6.07) is 7.75. The Balaban J connectivity index is 1.56. The zero-order valence-electron chi connectivity index (χ0n) is 17.3. The molecule has 1 aliphatic carbocycles. The SMILES string of the molecule is CC(C)(C)[Si](C)(C)OCC1CCC(c2ccc(-c3ccon3)c(O)c2)CC1. The lowest BCUT2D eigenvalue weighted by molar-refractivity contribution is 0.186. The van der Waals surface area contributed by atoms with Gasteiger partial charge in [-0.1, -0.05) is 32.0 Å². The molecular formula is C22H33NO3Si. The maximum absolute atomic E-state index is 10.4. The second-order valence-electron chi connectivity index (χ2n) is 9.45. The summed E-state index contributed by atoms with van der Waals surface area (Å²) in [5, 5.41) is 14.6. The number of hydrogen-bond donors (Lipinski definition) is 1. The zero-order chi connectivity index (χ0) is 19.7. The van der Waals surface area contributed by atoms with E-state index in [0.29, 0.717) is 17.5 Å². The van der Waals surface area contributed by atoms with E-state index in [2.05, 4.69) is 45.1 Å². The van der Waals surface area contributed by atoms with Crippen LogP contribution < -0.4 is 0 Å². The fraction of sp³-hybridized carbons (Fsp3) is 0.591. The Morgan fingerprint density at radius 3 is 2.41 bits per heavy atom. The molecule has 0 spiro atoms. The minimum atomic E-state index is -1.66. The average Bonchev–Trinajstić information content (AvgIpc) is 3.14. The normalized spacial score (nSPS) is 21.4. The lowest BCUT2D eigenvalue weighted by Crippen LogP contribution is -2.42. The molecule has 4 nitrogen and oxygen atoms in total. The van der Waals surface area contributed by atoms with E-state index in [-0.39, 0.29) is 10.8 Å². The Morgan fingerprint density at radius 2 is 1.85 bits per heavy atom. The van der Waals surface area contributed by atoms with Crippen molar-refractivity contribution in [2.24, 2.45) is 5.92 Å². The Kier molecular flexibility index (Phi) is 5.82. The quantitative estimate of drug-likeness (QED) is 0.608. The predicted octanol–water partition coefficient (Wildman–Crippen LogP) is 6.34. The second kappa shape index (κ2) is 7.80. The minimum absolute atomic E-state index is 0.271. The number of hydrogen-bond acceptors (Lipinski definition) is 4. The molecule has 148 valence electrons. The maximum atomic E-state index is 10.4. The van der Waals surface area contributed by atoms with E-state index in [1.807, 2.05) is 12.1 Å². The Bertz CT molecular complexity index is 741. The van der Waals surface area contributed by atoms with Crippen LogP contribution in [-0.2, 0) is 4.43 Å². The summed E-state index contributed by atoms with van der Waals surface area (Å²) in [7, 11) is -1.66. The fourth-order valence-electron chi connectivity index (χ4n) is 3.58. The Hall–Kier alpha value is -1.59. The van der Waals surface area contributed by atoms with Gasteiger partial charge in [-0.2, -0.15) is 0 Å². The summed E-state index contributed by atoms with van der Waals surface area (Å²) in [6.45, 7) is 12.5. The van der Waals surface area contributed by atoms with Crippen molar-refractivity contribution in [3.05, 3.63) is 36.1 Å². The first-order chi connectivity index (χ1) is 12.7. The van der Waals surface area contributed by atoms with E-state index in [1.54, 1.807) is 6.07 Å². The Morgan fingerprint density at radius 1 is 1.15 bits per heavy atom. The van der Waals surface area contributed by atoms with Crippen molar-refractivity contribution in [1.29, 1.82) is 0 Å². The van der Waals surface area contributed by atoms with Gasteiger partial charge in [-0.25, -0.2) is 0 Å². The number of phenolic OH excluding ortho intramolecular Hbond substituents is 1. The molecule has 5 heteroatoms. The first kappa shape index (κ1) is 20.1. The second-order valence-corrected chi connectivity index (χ2v) is 14.3. The molecule has 1 fully saturated rings. The molecular weight excluding hydrogens is 354 g/mol. The molecule has 0 saturated heterocycles. The minimum Gasteiger partial charge on any atom is -0.507 e. The van der Waals surface area contributed by atoms with Crippen molar-refractivity contribution in [3.8, 4) is 17.0 Å². The van der Waals surface area contributed by atoms with E-state index in [9.17, 15) is 5.11 Å². The molecule has 1 N–H and O–H groups in total. The van der Waals surface area contributed by atoms with Gasteiger partial charge in [0.1, 0.15) is 17.7 Å². The molecule has 0 unspecified atom stereocenters. The zero-order valence-corrected chi connectivity index (χ0v) is 18.3. The van der Waals surface area contributed by atoms with Crippen molar-refractivity contribution in [2.45, 2.75) is 70.5 Å². The molecule has 27 heavy (non-hydrogen) atoms. The number of aromatic hydroxyl groups is 1. The van der Waals surface area contributed by atoms with Crippen molar-refractivity contribution in [1.82, 2.24) is 5.16 Å². The summed E-state index contributed by atoms with van der Waals surface area (Å²) in [4.78, 5) is 0. The number of nitrogens with zero attached hydrogens (tertiary/aromatic N) is 1. The molecule has 1 saturated carbocycles. The summed E-state index contributed by atoms with van der Waals surface area (Å²) in [6.07, 6.45) is 6.24. The molecule has 3 rings (SSSR count). The molecule has 1 aromatic carbocycles. The number of aromatic nitrogens is 1. The van der Waals surface area contributed by atoms with Crippen LogP contribution in [0.4, 0.5) is 0 Å². The molecule has 1 aliphatic rings. The van der Waals surface area contributed by atoms with Crippen molar-refractivity contribution < 1.29 is 14.1 Å². The van der Waals surface area contributed by atoms with Gasteiger partial charge in [-0.3, -0.25) is 0 Å². The molecule has 1 aromatic heterocycles. The van der Waals surface area contributed by atoms with Crippen molar-refractivity contribution in [3.63, 3.8) is 0 Å². The maximum Gasteiger partial charge on any atom is 0.191 e. The van der Waals surface area contributed by atoms with Gasteiger partial charge in [0.2, 0.25) is 0 Å². The van der Waals surface area contributed by atoms with Crippen LogP contribution in [0.3, 0.4) is 0 Å². The van der Waals surface area contributed by atoms with Gasteiger partial charge < -0.3 is 14.1 Å². The van der Waals surface area contributed by atoms with Crippen LogP contribution in [0, 0.1) is 5.92 Å². The van der Waals surface area contributed by atoms with E-state index >= 15 is 0 Å². The third kappa shape index (κ3) is 4.64. The van der Waals surface area contributed by atoms with Crippen molar-refractivity contribution in [2.75, 3.05) is 6.61 Å². The van der Waals surface area contributed by atoms with Crippen LogP contribution in [0.1, 0.15) is 57.9 Å². The molecule has 2 aromatic rings. The topological polar surface area (TPSA) is 55.5 Å². The van der Waals surface area contributed by atoms with Gasteiger partial charge in [-0.15, -0.1) is 0 Å². The summed E-state index contributed by atoms with van der Waals surface area (Å²) >= 11 is 0. The summed E-state index contributed by atoms with van der Waals surface area (Å²) < 4.78 is 11.3. The first-order valence-corrected chi connectivity index (χ1v) is 13.0.